The van der Waals surface area contributed by atoms with E-state index in [1.54, 1.807) is 6.07 Å². The number of urea groups is 1. The lowest BCUT2D eigenvalue weighted by Gasteiger charge is -2.13. The lowest BCUT2D eigenvalue weighted by Crippen LogP contribution is -2.35. The fourth-order valence-corrected chi connectivity index (χ4v) is 2.01. The SMILES string of the molecule is CCNCc1cccc(NC(=O)CN2CC(=O)NC2=O)c1. The first-order chi connectivity index (χ1) is 10.1. The van der Waals surface area contributed by atoms with Gasteiger partial charge in [0, 0.05) is 12.2 Å². The maximum absolute atomic E-state index is 11.9. The van der Waals surface area contributed by atoms with Crippen LogP contribution in [-0.2, 0) is 16.1 Å². The molecule has 0 saturated carbocycles. The molecule has 1 fully saturated rings. The van der Waals surface area contributed by atoms with Crippen LogP contribution in [0.1, 0.15) is 12.5 Å². The van der Waals surface area contributed by atoms with Crippen LogP contribution in [0.15, 0.2) is 24.3 Å². The zero-order chi connectivity index (χ0) is 15.2. The molecule has 7 nitrogen and oxygen atoms in total. The van der Waals surface area contributed by atoms with Crippen molar-refractivity contribution < 1.29 is 14.4 Å². The minimum absolute atomic E-state index is 0.0767. The first-order valence-electron chi connectivity index (χ1n) is 6.76. The number of anilines is 1. The maximum atomic E-state index is 11.9. The highest BCUT2D eigenvalue weighted by Gasteiger charge is 2.28. The second-order valence-corrected chi connectivity index (χ2v) is 4.74. The van der Waals surface area contributed by atoms with Crippen LogP contribution in [0.4, 0.5) is 10.5 Å². The molecule has 0 aromatic heterocycles. The summed E-state index contributed by atoms with van der Waals surface area (Å²) in [7, 11) is 0. The predicted molar refractivity (Wildman–Crippen MR) is 77.6 cm³/mol. The normalized spacial score (nSPS) is 14.2. The minimum Gasteiger partial charge on any atom is -0.325 e. The van der Waals surface area contributed by atoms with Crippen molar-refractivity contribution in [3.05, 3.63) is 29.8 Å². The van der Waals surface area contributed by atoms with Crippen LogP contribution in [0, 0.1) is 0 Å². The Kier molecular flexibility index (Phi) is 4.89. The second kappa shape index (κ2) is 6.85. The largest absolute Gasteiger partial charge is 0.325 e. The third-order valence-electron chi connectivity index (χ3n) is 2.99. The second-order valence-electron chi connectivity index (χ2n) is 4.74. The van der Waals surface area contributed by atoms with E-state index in [-0.39, 0.29) is 24.9 Å². The summed E-state index contributed by atoms with van der Waals surface area (Å²) in [5.74, 6) is -0.721. The number of hydrogen-bond acceptors (Lipinski definition) is 4. The molecule has 4 amide bonds. The monoisotopic (exact) mass is 290 g/mol. The first-order valence-corrected chi connectivity index (χ1v) is 6.76. The lowest BCUT2D eigenvalue weighted by atomic mass is 10.2. The summed E-state index contributed by atoms with van der Waals surface area (Å²) in [6.07, 6.45) is 0. The highest BCUT2D eigenvalue weighted by molar-refractivity contribution is 6.04. The molecule has 21 heavy (non-hydrogen) atoms. The van der Waals surface area contributed by atoms with Crippen LogP contribution >= 0.6 is 0 Å². The van der Waals surface area contributed by atoms with E-state index in [4.69, 9.17) is 0 Å². The summed E-state index contributed by atoms with van der Waals surface area (Å²) in [6.45, 7) is 3.40. The number of carbonyl (C=O) groups excluding carboxylic acids is 3. The summed E-state index contributed by atoms with van der Waals surface area (Å²) >= 11 is 0. The first kappa shape index (κ1) is 15.0. The number of nitrogens with one attached hydrogen (secondary N) is 3. The van der Waals surface area contributed by atoms with Gasteiger partial charge in [0.05, 0.1) is 0 Å². The van der Waals surface area contributed by atoms with E-state index in [1.807, 2.05) is 25.1 Å². The molecule has 3 N–H and O–H groups in total. The zero-order valence-corrected chi connectivity index (χ0v) is 11.8. The van der Waals surface area contributed by atoms with Crippen molar-refractivity contribution in [1.29, 1.82) is 0 Å². The van der Waals surface area contributed by atoms with Gasteiger partial charge >= 0.3 is 6.03 Å². The molecule has 1 heterocycles. The molecule has 0 aliphatic carbocycles. The number of benzene rings is 1. The fourth-order valence-electron chi connectivity index (χ4n) is 2.01. The van der Waals surface area contributed by atoms with Gasteiger partial charge in [0.25, 0.3) is 0 Å². The van der Waals surface area contributed by atoms with E-state index in [0.717, 1.165) is 18.7 Å². The van der Waals surface area contributed by atoms with E-state index in [1.165, 1.54) is 4.90 Å². The van der Waals surface area contributed by atoms with Crippen molar-refractivity contribution in [3.63, 3.8) is 0 Å². The number of carbonyl (C=O) groups is 3. The van der Waals surface area contributed by atoms with Crippen LogP contribution in [0.2, 0.25) is 0 Å². The van der Waals surface area contributed by atoms with Crippen LogP contribution in [-0.4, -0.2) is 42.4 Å². The summed E-state index contributed by atoms with van der Waals surface area (Å²) in [6, 6.07) is 6.94. The standard InChI is InChI=1S/C14H18N4O3/c1-2-15-7-10-4-3-5-11(6-10)16-12(19)8-18-9-13(20)17-14(18)21/h3-6,15H,2,7-9H2,1H3,(H,16,19)(H,17,20,21). The average Bonchev–Trinajstić information content (AvgIpc) is 2.75. The predicted octanol–water partition coefficient (Wildman–Crippen LogP) is 0.286. The maximum Gasteiger partial charge on any atom is 0.325 e. The average molecular weight is 290 g/mol. The van der Waals surface area contributed by atoms with Crippen LogP contribution in [0.25, 0.3) is 0 Å². The number of amides is 4. The minimum atomic E-state index is -0.531. The van der Waals surface area contributed by atoms with Gasteiger partial charge in [-0.25, -0.2) is 4.79 Å². The molecule has 0 radical (unpaired) electrons. The molecular formula is C14H18N4O3. The molecule has 0 unspecified atom stereocenters. The van der Waals surface area contributed by atoms with Gasteiger partial charge in [0.15, 0.2) is 0 Å². The van der Waals surface area contributed by atoms with Crippen molar-refractivity contribution in [2.24, 2.45) is 0 Å². The van der Waals surface area contributed by atoms with Crippen molar-refractivity contribution in [2.45, 2.75) is 13.5 Å². The van der Waals surface area contributed by atoms with Crippen LogP contribution in [0.5, 0.6) is 0 Å². The molecule has 1 saturated heterocycles. The Balaban J connectivity index is 1.90. The molecule has 1 aliphatic rings. The van der Waals surface area contributed by atoms with E-state index in [2.05, 4.69) is 16.0 Å². The molecule has 1 aromatic rings. The third-order valence-corrected chi connectivity index (χ3v) is 2.99. The highest BCUT2D eigenvalue weighted by atomic mass is 16.2. The molecule has 1 aromatic carbocycles. The molecule has 112 valence electrons. The van der Waals surface area contributed by atoms with E-state index < -0.39 is 6.03 Å². The molecule has 0 spiro atoms. The van der Waals surface area contributed by atoms with Crippen molar-refractivity contribution in [2.75, 3.05) is 25.0 Å². The zero-order valence-electron chi connectivity index (χ0n) is 11.8. The number of rotatable bonds is 6. The number of hydrogen-bond donors (Lipinski definition) is 3. The Hall–Kier alpha value is -2.41. The van der Waals surface area contributed by atoms with Gasteiger partial charge < -0.3 is 15.5 Å². The van der Waals surface area contributed by atoms with Gasteiger partial charge in [-0.1, -0.05) is 19.1 Å². The summed E-state index contributed by atoms with van der Waals surface area (Å²) in [4.78, 5) is 35.4. The summed E-state index contributed by atoms with van der Waals surface area (Å²) in [5, 5.41) is 8.05. The Labute approximate surface area is 122 Å². The summed E-state index contributed by atoms with van der Waals surface area (Å²) in [5.41, 5.74) is 1.73. The van der Waals surface area contributed by atoms with Crippen molar-refractivity contribution in [1.82, 2.24) is 15.5 Å². The smallest absolute Gasteiger partial charge is 0.325 e. The van der Waals surface area contributed by atoms with Gasteiger partial charge in [0.1, 0.15) is 13.1 Å². The highest BCUT2D eigenvalue weighted by Crippen LogP contribution is 2.11. The van der Waals surface area contributed by atoms with E-state index in [0.29, 0.717) is 5.69 Å². The Bertz CT molecular complexity index is 559. The van der Waals surface area contributed by atoms with Gasteiger partial charge in [-0.2, -0.15) is 0 Å². The fraction of sp³-hybridized carbons (Fsp3) is 0.357. The quantitative estimate of drug-likeness (QED) is 0.657. The van der Waals surface area contributed by atoms with Gasteiger partial charge in [-0.15, -0.1) is 0 Å². The van der Waals surface area contributed by atoms with Gasteiger partial charge in [-0.05, 0) is 24.2 Å². The number of nitrogens with zero attached hydrogens (tertiary/aromatic N) is 1. The van der Waals surface area contributed by atoms with Gasteiger partial charge in [0.2, 0.25) is 11.8 Å². The lowest BCUT2D eigenvalue weighted by molar-refractivity contribution is -0.119. The number of imide groups is 1. The Morgan fingerprint density at radius 1 is 1.38 bits per heavy atom. The topological polar surface area (TPSA) is 90.5 Å². The van der Waals surface area contributed by atoms with Crippen LogP contribution in [0.3, 0.4) is 0 Å². The Morgan fingerprint density at radius 2 is 2.19 bits per heavy atom. The molecule has 0 bridgehead atoms. The van der Waals surface area contributed by atoms with Crippen LogP contribution < -0.4 is 16.0 Å². The Morgan fingerprint density at radius 3 is 2.86 bits per heavy atom. The molecule has 2 rings (SSSR count). The summed E-state index contributed by atoms with van der Waals surface area (Å²) < 4.78 is 0. The van der Waals surface area contributed by atoms with E-state index in [9.17, 15) is 14.4 Å². The van der Waals surface area contributed by atoms with Gasteiger partial charge in [-0.3, -0.25) is 14.9 Å². The molecular weight excluding hydrogens is 272 g/mol. The van der Waals surface area contributed by atoms with E-state index >= 15 is 0 Å². The molecule has 0 atom stereocenters. The van der Waals surface area contributed by atoms with Crippen molar-refractivity contribution >= 4 is 23.5 Å². The third kappa shape index (κ3) is 4.28. The van der Waals surface area contributed by atoms with Crippen molar-refractivity contribution in [3.8, 4) is 0 Å². The molecule has 1 aliphatic heterocycles. The molecule has 7 heteroatoms.